The van der Waals surface area contributed by atoms with E-state index in [-0.39, 0.29) is 11.8 Å². The van der Waals surface area contributed by atoms with Crippen molar-refractivity contribution in [1.82, 2.24) is 10.6 Å². The fraction of sp³-hybridized carbons (Fsp3) is 0.900. The highest BCUT2D eigenvalue weighted by Crippen LogP contribution is 2.21. The van der Waals surface area contributed by atoms with Crippen LogP contribution in [0.3, 0.4) is 0 Å². The molecule has 0 unspecified atom stereocenters. The first-order valence-electron chi connectivity index (χ1n) is 5.46. The number of aliphatic hydroxyl groups is 1. The van der Waals surface area contributed by atoms with Crippen molar-refractivity contribution in [3.05, 3.63) is 0 Å². The maximum absolute atomic E-state index is 11.5. The second-order valence-electron chi connectivity index (χ2n) is 4.32. The predicted octanol–water partition coefficient (Wildman–Crippen LogP) is -0.375. The molecule has 2 rings (SSSR count). The van der Waals surface area contributed by atoms with Crippen molar-refractivity contribution in [3.63, 3.8) is 0 Å². The normalized spacial score (nSPS) is 25.8. The Balaban J connectivity index is 1.78. The summed E-state index contributed by atoms with van der Waals surface area (Å²) in [5.74, 6) is -0.0191. The zero-order chi connectivity index (χ0) is 9.97. The number of hydrogen-bond donors (Lipinski definition) is 3. The van der Waals surface area contributed by atoms with Crippen LogP contribution in [-0.4, -0.2) is 36.2 Å². The number of piperidine rings is 1. The van der Waals surface area contributed by atoms with Crippen LogP contribution in [0.4, 0.5) is 0 Å². The standard InChI is InChI=1S/C10H18N2O2/c13-9(7-3-5-11-6-4-7)10(14)12-8-1-2-8/h7-9,11,13H,1-6H2,(H,12,14)/t9-/m1/s1. The van der Waals surface area contributed by atoms with Gasteiger partial charge >= 0.3 is 0 Å². The zero-order valence-corrected chi connectivity index (χ0v) is 8.33. The van der Waals surface area contributed by atoms with E-state index < -0.39 is 6.10 Å². The van der Waals surface area contributed by atoms with Crippen LogP contribution in [0.15, 0.2) is 0 Å². The Morgan fingerprint density at radius 3 is 2.50 bits per heavy atom. The minimum absolute atomic E-state index is 0.148. The number of aliphatic hydroxyl groups excluding tert-OH is 1. The number of nitrogens with one attached hydrogen (secondary N) is 2. The van der Waals surface area contributed by atoms with E-state index in [1.807, 2.05) is 0 Å². The Morgan fingerprint density at radius 2 is 1.93 bits per heavy atom. The maximum Gasteiger partial charge on any atom is 0.249 e. The second-order valence-corrected chi connectivity index (χ2v) is 4.32. The van der Waals surface area contributed by atoms with Crippen LogP contribution in [0.1, 0.15) is 25.7 Å². The van der Waals surface area contributed by atoms with Gasteiger partial charge in [0.1, 0.15) is 6.10 Å². The van der Waals surface area contributed by atoms with Gasteiger partial charge in [-0.1, -0.05) is 0 Å². The first-order valence-corrected chi connectivity index (χ1v) is 5.46. The average molecular weight is 198 g/mol. The third kappa shape index (κ3) is 2.45. The predicted molar refractivity (Wildman–Crippen MR) is 52.8 cm³/mol. The van der Waals surface area contributed by atoms with Crippen molar-refractivity contribution in [3.8, 4) is 0 Å². The third-order valence-corrected chi connectivity index (χ3v) is 3.02. The van der Waals surface area contributed by atoms with Crippen molar-refractivity contribution in [2.45, 2.75) is 37.8 Å². The molecule has 1 amide bonds. The maximum atomic E-state index is 11.5. The lowest BCUT2D eigenvalue weighted by Gasteiger charge is -2.26. The summed E-state index contributed by atoms with van der Waals surface area (Å²) in [4.78, 5) is 11.5. The lowest BCUT2D eigenvalue weighted by molar-refractivity contribution is -0.132. The molecule has 0 spiro atoms. The molecule has 0 aromatic carbocycles. The second kappa shape index (κ2) is 4.28. The van der Waals surface area contributed by atoms with Crippen molar-refractivity contribution in [2.24, 2.45) is 5.92 Å². The number of carbonyl (C=O) groups is 1. The monoisotopic (exact) mass is 198 g/mol. The van der Waals surface area contributed by atoms with E-state index in [1.54, 1.807) is 0 Å². The molecule has 1 saturated heterocycles. The van der Waals surface area contributed by atoms with Crippen LogP contribution in [-0.2, 0) is 4.79 Å². The van der Waals surface area contributed by atoms with Crippen LogP contribution < -0.4 is 10.6 Å². The number of amides is 1. The van der Waals surface area contributed by atoms with Gasteiger partial charge in [0, 0.05) is 6.04 Å². The van der Waals surface area contributed by atoms with E-state index >= 15 is 0 Å². The topological polar surface area (TPSA) is 61.4 Å². The quantitative estimate of drug-likeness (QED) is 0.579. The molecule has 1 atom stereocenters. The first kappa shape index (κ1) is 9.93. The molecule has 3 N–H and O–H groups in total. The number of carbonyl (C=O) groups excluding carboxylic acids is 1. The van der Waals surface area contributed by atoms with E-state index in [1.165, 1.54) is 0 Å². The van der Waals surface area contributed by atoms with Crippen molar-refractivity contribution >= 4 is 5.91 Å². The van der Waals surface area contributed by atoms with Gasteiger partial charge in [-0.15, -0.1) is 0 Å². The zero-order valence-electron chi connectivity index (χ0n) is 8.33. The van der Waals surface area contributed by atoms with Gasteiger partial charge in [-0.3, -0.25) is 4.79 Å². The van der Waals surface area contributed by atoms with Crippen LogP contribution in [0.25, 0.3) is 0 Å². The minimum Gasteiger partial charge on any atom is -0.383 e. The Morgan fingerprint density at radius 1 is 1.29 bits per heavy atom. The van der Waals surface area contributed by atoms with Gasteiger partial charge in [0.05, 0.1) is 0 Å². The highest BCUT2D eigenvalue weighted by atomic mass is 16.3. The molecule has 4 nitrogen and oxygen atoms in total. The summed E-state index contributed by atoms with van der Waals surface area (Å²) in [6, 6.07) is 0.346. The molecule has 80 valence electrons. The molecule has 2 aliphatic rings. The molecule has 0 aromatic heterocycles. The molecule has 4 heteroatoms. The Bertz CT molecular complexity index is 210. The highest BCUT2D eigenvalue weighted by molar-refractivity contribution is 5.81. The largest absolute Gasteiger partial charge is 0.383 e. The van der Waals surface area contributed by atoms with Crippen molar-refractivity contribution in [1.29, 1.82) is 0 Å². The molecule has 1 aliphatic carbocycles. The molecular weight excluding hydrogens is 180 g/mol. The van der Waals surface area contributed by atoms with E-state index in [9.17, 15) is 9.90 Å². The molecule has 1 aliphatic heterocycles. The van der Waals surface area contributed by atoms with E-state index in [0.717, 1.165) is 38.8 Å². The van der Waals surface area contributed by atoms with Gasteiger partial charge in [-0.2, -0.15) is 0 Å². The lowest BCUT2D eigenvalue weighted by atomic mass is 9.92. The smallest absolute Gasteiger partial charge is 0.249 e. The van der Waals surface area contributed by atoms with E-state index in [0.29, 0.717) is 6.04 Å². The first-order chi connectivity index (χ1) is 6.77. The van der Waals surface area contributed by atoms with Crippen LogP contribution in [0.2, 0.25) is 0 Å². The van der Waals surface area contributed by atoms with Gasteiger partial charge in [-0.05, 0) is 44.7 Å². The highest BCUT2D eigenvalue weighted by Gasteiger charge is 2.31. The summed E-state index contributed by atoms with van der Waals surface area (Å²) in [6.07, 6.45) is 3.16. The average Bonchev–Trinajstić information content (AvgIpc) is 3.02. The molecule has 2 fully saturated rings. The van der Waals surface area contributed by atoms with Gasteiger partial charge < -0.3 is 15.7 Å². The summed E-state index contributed by atoms with van der Waals surface area (Å²) in [6.45, 7) is 1.83. The molecular formula is C10H18N2O2. The molecule has 1 saturated carbocycles. The van der Waals surface area contributed by atoms with Crippen LogP contribution >= 0.6 is 0 Å². The van der Waals surface area contributed by atoms with Crippen LogP contribution in [0, 0.1) is 5.92 Å². The Labute approximate surface area is 84.1 Å². The number of rotatable bonds is 3. The Kier molecular flexibility index (Phi) is 3.03. The molecule has 1 heterocycles. The summed E-state index contributed by atoms with van der Waals surface area (Å²) < 4.78 is 0. The summed E-state index contributed by atoms with van der Waals surface area (Å²) >= 11 is 0. The number of hydrogen-bond acceptors (Lipinski definition) is 3. The minimum atomic E-state index is -0.794. The van der Waals surface area contributed by atoms with Crippen molar-refractivity contribution in [2.75, 3.05) is 13.1 Å². The molecule has 0 aromatic rings. The molecule has 14 heavy (non-hydrogen) atoms. The van der Waals surface area contributed by atoms with Gasteiger partial charge in [0.25, 0.3) is 0 Å². The van der Waals surface area contributed by atoms with E-state index in [2.05, 4.69) is 10.6 Å². The summed E-state index contributed by atoms with van der Waals surface area (Å²) in [7, 11) is 0. The molecule has 0 bridgehead atoms. The van der Waals surface area contributed by atoms with Gasteiger partial charge in [0.2, 0.25) is 5.91 Å². The van der Waals surface area contributed by atoms with Crippen LogP contribution in [0.5, 0.6) is 0 Å². The van der Waals surface area contributed by atoms with Gasteiger partial charge in [-0.25, -0.2) is 0 Å². The SMILES string of the molecule is O=C(NC1CC1)[C@H](O)C1CCNCC1. The van der Waals surface area contributed by atoms with Gasteiger partial charge in [0.15, 0.2) is 0 Å². The Hall–Kier alpha value is -0.610. The molecule has 0 radical (unpaired) electrons. The fourth-order valence-corrected chi connectivity index (χ4v) is 1.89. The van der Waals surface area contributed by atoms with Crippen molar-refractivity contribution < 1.29 is 9.90 Å². The third-order valence-electron chi connectivity index (χ3n) is 3.02. The lowest BCUT2D eigenvalue weighted by Crippen LogP contribution is -2.44. The summed E-state index contributed by atoms with van der Waals surface area (Å²) in [5.41, 5.74) is 0. The van der Waals surface area contributed by atoms with E-state index in [4.69, 9.17) is 0 Å². The summed E-state index contributed by atoms with van der Waals surface area (Å²) in [5, 5.41) is 15.8. The fourth-order valence-electron chi connectivity index (χ4n) is 1.89.